The second kappa shape index (κ2) is 9.38. The Kier molecular flexibility index (Phi) is 7.81. The van der Waals surface area contributed by atoms with Crippen LogP contribution in [0, 0.1) is 11.3 Å². The Hall–Kier alpha value is -1.57. The maximum absolute atomic E-state index is 12.0. The normalized spacial score (nSPS) is 17.1. The summed E-state index contributed by atoms with van der Waals surface area (Å²) in [7, 11) is 0. The van der Waals surface area contributed by atoms with E-state index in [4.69, 9.17) is 5.26 Å². The van der Waals surface area contributed by atoms with Gasteiger partial charge in [-0.05, 0) is 37.8 Å². The highest BCUT2D eigenvalue weighted by Gasteiger charge is 2.27. The first-order chi connectivity index (χ1) is 9.81. The quantitative estimate of drug-likeness (QED) is 0.819. The van der Waals surface area contributed by atoms with Crippen molar-refractivity contribution < 1.29 is 4.79 Å². The van der Waals surface area contributed by atoms with E-state index in [1.54, 1.807) is 4.90 Å². The van der Waals surface area contributed by atoms with Crippen LogP contribution in [0.15, 0.2) is 30.3 Å². The van der Waals surface area contributed by atoms with Crippen LogP contribution in [-0.4, -0.2) is 36.5 Å². The van der Waals surface area contributed by atoms with Gasteiger partial charge in [0.25, 0.3) is 0 Å². The number of amides is 1. The van der Waals surface area contributed by atoms with Crippen molar-refractivity contribution in [2.24, 2.45) is 0 Å². The Morgan fingerprint density at radius 3 is 2.86 bits per heavy atom. The number of carbonyl (C=O) groups excluding carboxylic acids is 1. The molecule has 5 heteroatoms. The average Bonchev–Trinajstić information content (AvgIpc) is 2.96. The molecule has 1 aromatic carbocycles. The topological polar surface area (TPSA) is 56.1 Å². The summed E-state index contributed by atoms with van der Waals surface area (Å²) in [4.78, 5) is 13.7. The van der Waals surface area contributed by atoms with Gasteiger partial charge in [-0.15, -0.1) is 12.4 Å². The Labute approximate surface area is 132 Å². The molecule has 1 N–H and O–H groups in total. The number of halogens is 1. The third-order valence-corrected chi connectivity index (χ3v) is 3.66. The SMILES string of the molecule is Cl.N#C[C@@H]1CCCN1C(=O)CNCCCc1ccccc1. The minimum atomic E-state index is -0.214. The Morgan fingerprint density at radius 2 is 2.14 bits per heavy atom. The standard InChI is InChI=1S/C16H21N3O.ClH/c17-12-15-9-5-11-19(15)16(20)13-18-10-4-8-14-6-2-1-3-7-14;/h1-3,6-7,15,18H,4-5,8-11,13H2;1H/t15-;/m0./s1. The number of rotatable bonds is 6. The van der Waals surface area contributed by atoms with Crippen LogP contribution >= 0.6 is 12.4 Å². The third kappa shape index (κ3) is 5.37. The fourth-order valence-electron chi connectivity index (χ4n) is 2.56. The lowest BCUT2D eigenvalue weighted by Crippen LogP contribution is -2.40. The molecule has 0 aliphatic carbocycles. The summed E-state index contributed by atoms with van der Waals surface area (Å²) >= 11 is 0. The predicted octanol–water partition coefficient (Wildman–Crippen LogP) is 2.15. The molecule has 1 aromatic rings. The maximum atomic E-state index is 12.0. The van der Waals surface area contributed by atoms with Gasteiger partial charge in [0.2, 0.25) is 5.91 Å². The summed E-state index contributed by atoms with van der Waals surface area (Å²) in [5.74, 6) is 0.0498. The van der Waals surface area contributed by atoms with E-state index < -0.39 is 0 Å². The van der Waals surface area contributed by atoms with Crippen LogP contribution in [0.5, 0.6) is 0 Å². The molecule has 0 unspecified atom stereocenters. The van der Waals surface area contributed by atoms with Crippen molar-refractivity contribution in [2.75, 3.05) is 19.6 Å². The van der Waals surface area contributed by atoms with Crippen molar-refractivity contribution in [2.45, 2.75) is 31.7 Å². The fourth-order valence-corrected chi connectivity index (χ4v) is 2.56. The van der Waals surface area contributed by atoms with E-state index in [1.807, 2.05) is 18.2 Å². The summed E-state index contributed by atoms with van der Waals surface area (Å²) < 4.78 is 0. The van der Waals surface area contributed by atoms with E-state index >= 15 is 0 Å². The molecule has 1 amide bonds. The van der Waals surface area contributed by atoms with Crippen molar-refractivity contribution in [1.82, 2.24) is 10.2 Å². The number of nitriles is 1. The largest absolute Gasteiger partial charge is 0.326 e. The Morgan fingerprint density at radius 1 is 1.38 bits per heavy atom. The molecular formula is C16H22ClN3O. The molecule has 1 heterocycles. The molecule has 1 aliphatic rings. The zero-order valence-corrected chi connectivity index (χ0v) is 12.9. The van der Waals surface area contributed by atoms with E-state index in [0.717, 1.165) is 38.8 Å². The molecule has 0 aromatic heterocycles. The zero-order chi connectivity index (χ0) is 14.2. The van der Waals surface area contributed by atoms with Crippen molar-refractivity contribution in [3.05, 3.63) is 35.9 Å². The smallest absolute Gasteiger partial charge is 0.237 e. The molecule has 1 saturated heterocycles. The molecule has 114 valence electrons. The number of hydrogen-bond acceptors (Lipinski definition) is 3. The lowest BCUT2D eigenvalue weighted by molar-refractivity contribution is -0.130. The number of nitrogens with zero attached hydrogens (tertiary/aromatic N) is 2. The minimum Gasteiger partial charge on any atom is -0.326 e. The summed E-state index contributed by atoms with van der Waals surface area (Å²) in [5, 5.41) is 12.1. The molecule has 1 aliphatic heterocycles. The van der Waals surface area contributed by atoms with Crippen molar-refractivity contribution in [3.63, 3.8) is 0 Å². The maximum Gasteiger partial charge on any atom is 0.237 e. The van der Waals surface area contributed by atoms with E-state index in [1.165, 1.54) is 5.56 Å². The van der Waals surface area contributed by atoms with Gasteiger partial charge in [-0.1, -0.05) is 30.3 Å². The average molecular weight is 308 g/mol. The predicted molar refractivity (Wildman–Crippen MR) is 85.2 cm³/mol. The number of hydrogen-bond donors (Lipinski definition) is 1. The molecule has 0 bridgehead atoms. The molecule has 1 fully saturated rings. The first-order valence-electron chi connectivity index (χ1n) is 7.25. The monoisotopic (exact) mass is 307 g/mol. The van der Waals surface area contributed by atoms with Gasteiger partial charge in [0.05, 0.1) is 12.6 Å². The number of benzene rings is 1. The minimum absolute atomic E-state index is 0. The van der Waals surface area contributed by atoms with Crippen LogP contribution in [-0.2, 0) is 11.2 Å². The zero-order valence-electron chi connectivity index (χ0n) is 12.1. The van der Waals surface area contributed by atoms with Crippen LogP contribution < -0.4 is 5.32 Å². The summed E-state index contributed by atoms with van der Waals surface area (Å²) in [6, 6.07) is 12.3. The van der Waals surface area contributed by atoms with E-state index in [2.05, 4.69) is 23.5 Å². The van der Waals surface area contributed by atoms with Gasteiger partial charge in [-0.3, -0.25) is 4.79 Å². The van der Waals surface area contributed by atoms with Crippen LogP contribution in [0.1, 0.15) is 24.8 Å². The summed E-state index contributed by atoms with van der Waals surface area (Å²) in [6.45, 7) is 1.89. The van der Waals surface area contributed by atoms with Gasteiger partial charge in [-0.2, -0.15) is 5.26 Å². The molecule has 0 radical (unpaired) electrons. The third-order valence-electron chi connectivity index (χ3n) is 3.66. The first-order valence-corrected chi connectivity index (χ1v) is 7.25. The van der Waals surface area contributed by atoms with Crippen molar-refractivity contribution >= 4 is 18.3 Å². The van der Waals surface area contributed by atoms with Crippen molar-refractivity contribution in [1.29, 1.82) is 5.26 Å². The highest BCUT2D eigenvalue weighted by Crippen LogP contribution is 2.15. The first kappa shape index (κ1) is 17.5. The lowest BCUT2D eigenvalue weighted by Gasteiger charge is -2.19. The van der Waals surface area contributed by atoms with E-state index in [-0.39, 0.29) is 24.4 Å². The van der Waals surface area contributed by atoms with Gasteiger partial charge in [0.1, 0.15) is 6.04 Å². The lowest BCUT2D eigenvalue weighted by atomic mass is 10.1. The molecule has 2 rings (SSSR count). The number of likely N-dealkylation sites (tertiary alicyclic amines) is 1. The number of nitrogens with one attached hydrogen (secondary N) is 1. The molecule has 1 atom stereocenters. The van der Waals surface area contributed by atoms with Gasteiger partial charge in [-0.25, -0.2) is 0 Å². The summed E-state index contributed by atoms with van der Waals surface area (Å²) in [5.41, 5.74) is 1.32. The van der Waals surface area contributed by atoms with Gasteiger partial charge in [0.15, 0.2) is 0 Å². The number of aryl methyl sites for hydroxylation is 1. The van der Waals surface area contributed by atoms with Gasteiger partial charge in [0, 0.05) is 6.54 Å². The van der Waals surface area contributed by atoms with Crippen LogP contribution in [0.4, 0.5) is 0 Å². The molecule has 0 saturated carbocycles. The molecule has 0 spiro atoms. The van der Waals surface area contributed by atoms with E-state index in [9.17, 15) is 4.79 Å². The summed E-state index contributed by atoms with van der Waals surface area (Å²) in [6.07, 6.45) is 3.79. The highest BCUT2D eigenvalue weighted by molar-refractivity contribution is 5.85. The van der Waals surface area contributed by atoms with Crippen LogP contribution in [0.3, 0.4) is 0 Å². The fraction of sp³-hybridized carbons (Fsp3) is 0.500. The molecule has 21 heavy (non-hydrogen) atoms. The molecular weight excluding hydrogens is 286 g/mol. The Balaban J connectivity index is 0.00000220. The number of carbonyl (C=O) groups is 1. The van der Waals surface area contributed by atoms with E-state index in [0.29, 0.717) is 6.54 Å². The van der Waals surface area contributed by atoms with Crippen LogP contribution in [0.2, 0.25) is 0 Å². The van der Waals surface area contributed by atoms with Gasteiger partial charge < -0.3 is 10.2 Å². The van der Waals surface area contributed by atoms with Gasteiger partial charge >= 0.3 is 0 Å². The second-order valence-electron chi connectivity index (χ2n) is 5.14. The second-order valence-corrected chi connectivity index (χ2v) is 5.14. The molecule has 4 nitrogen and oxygen atoms in total. The van der Waals surface area contributed by atoms with Crippen molar-refractivity contribution in [3.8, 4) is 6.07 Å². The highest BCUT2D eigenvalue weighted by atomic mass is 35.5. The Bertz CT molecular complexity index is 472. The van der Waals surface area contributed by atoms with Crippen LogP contribution in [0.25, 0.3) is 0 Å².